The molecule has 0 saturated heterocycles. The molecule has 0 aromatic carbocycles. The highest BCUT2D eigenvalue weighted by atomic mass is 16.1. The SMILES string of the molecule is O=Cc1ccc2cccn2n1. The highest BCUT2D eigenvalue weighted by Crippen LogP contribution is 2.01. The molecule has 0 aliphatic rings. The molecule has 2 heterocycles. The van der Waals surface area contributed by atoms with E-state index >= 15 is 0 Å². The van der Waals surface area contributed by atoms with Crippen LogP contribution in [0.4, 0.5) is 0 Å². The zero-order valence-corrected chi connectivity index (χ0v) is 5.77. The minimum absolute atomic E-state index is 0.453. The third-order valence-electron chi connectivity index (χ3n) is 1.53. The van der Waals surface area contributed by atoms with Crippen molar-refractivity contribution in [3.63, 3.8) is 0 Å². The highest BCUT2D eigenvalue weighted by molar-refractivity contribution is 5.72. The molecular formula is C8H6N2O. The second kappa shape index (κ2) is 2.20. The molecule has 11 heavy (non-hydrogen) atoms. The van der Waals surface area contributed by atoms with Gasteiger partial charge in [-0.15, -0.1) is 0 Å². The van der Waals surface area contributed by atoms with Gasteiger partial charge in [0.25, 0.3) is 0 Å². The van der Waals surface area contributed by atoms with E-state index in [9.17, 15) is 4.79 Å². The number of aromatic nitrogens is 2. The Morgan fingerprint density at radius 2 is 2.27 bits per heavy atom. The predicted molar refractivity (Wildman–Crippen MR) is 40.6 cm³/mol. The van der Waals surface area contributed by atoms with Crippen LogP contribution in [0.15, 0.2) is 30.5 Å². The Balaban J connectivity index is 2.76. The lowest BCUT2D eigenvalue weighted by Crippen LogP contribution is -1.93. The van der Waals surface area contributed by atoms with Crippen molar-refractivity contribution in [2.24, 2.45) is 0 Å². The Hall–Kier alpha value is -1.64. The van der Waals surface area contributed by atoms with Crippen molar-refractivity contribution < 1.29 is 4.79 Å². The molecule has 2 aromatic heterocycles. The van der Waals surface area contributed by atoms with Crippen LogP contribution in [-0.2, 0) is 0 Å². The fourth-order valence-electron chi connectivity index (χ4n) is 1.000. The van der Waals surface area contributed by atoms with E-state index < -0.39 is 0 Å². The lowest BCUT2D eigenvalue weighted by molar-refractivity contribution is 0.111. The summed E-state index contributed by atoms with van der Waals surface area (Å²) in [6.45, 7) is 0. The van der Waals surface area contributed by atoms with Gasteiger partial charge in [0.2, 0.25) is 0 Å². The van der Waals surface area contributed by atoms with Gasteiger partial charge in [-0.25, -0.2) is 4.52 Å². The number of carbonyl (C=O) groups excluding carboxylic acids is 1. The second-order valence-corrected chi connectivity index (χ2v) is 2.25. The van der Waals surface area contributed by atoms with Crippen molar-refractivity contribution in [3.05, 3.63) is 36.2 Å². The van der Waals surface area contributed by atoms with Crippen LogP contribution in [0, 0.1) is 0 Å². The maximum absolute atomic E-state index is 10.3. The molecule has 0 aliphatic heterocycles. The van der Waals surface area contributed by atoms with Gasteiger partial charge < -0.3 is 0 Å². The molecule has 0 bridgehead atoms. The first kappa shape index (κ1) is 6.09. The van der Waals surface area contributed by atoms with Crippen LogP contribution in [0.2, 0.25) is 0 Å². The number of nitrogens with zero attached hydrogens (tertiary/aromatic N) is 2. The molecule has 0 amide bonds. The summed E-state index contributed by atoms with van der Waals surface area (Å²) in [5, 5.41) is 4.00. The maximum atomic E-state index is 10.3. The first-order chi connectivity index (χ1) is 5.40. The number of hydrogen-bond acceptors (Lipinski definition) is 2. The minimum Gasteiger partial charge on any atom is -0.296 e. The molecule has 0 aliphatic carbocycles. The first-order valence-corrected chi connectivity index (χ1v) is 3.30. The second-order valence-electron chi connectivity index (χ2n) is 2.25. The largest absolute Gasteiger partial charge is 0.296 e. The predicted octanol–water partition coefficient (Wildman–Crippen LogP) is 1.15. The lowest BCUT2D eigenvalue weighted by atomic mass is 10.4. The molecule has 2 aromatic rings. The van der Waals surface area contributed by atoms with Gasteiger partial charge in [-0.1, -0.05) is 0 Å². The van der Waals surface area contributed by atoms with Crippen molar-refractivity contribution in [3.8, 4) is 0 Å². The van der Waals surface area contributed by atoms with Crippen molar-refractivity contribution in [2.75, 3.05) is 0 Å². The van der Waals surface area contributed by atoms with Gasteiger partial charge in [-0.2, -0.15) is 5.10 Å². The minimum atomic E-state index is 0.453. The van der Waals surface area contributed by atoms with Crippen LogP contribution >= 0.6 is 0 Å². The van der Waals surface area contributed by atoms with Crippen molar-refractivity contribution in [1.29, 1.82) is 0 Å². The van der Waals surface area contributed by atoms with E-state index in [4.69, 9.17) is 0 Å². The molecule has 0 saturated carbocycles. The molecule has 0 spiro atoms. The molecule has 54 valence electrons. The summed E-state index contributed by atoms with van der Waals surface area (Å²) in [6.07, 6.45) is 2.54. The Morgan fingerprint density at radius 3 is 3.09 bits per heavy atom. The number of carbonyl (C=O) groups is 1. The summed E-state index contributed by atoms with van der Waals surface area (Å²) < 4.78 is 1.67. The van der Waals surface area contributed by atoms with E-state index in [2.05, 4.69) is 5.10 Å². The highest BCUT2D eigenvalue weighted by Gasteiger charge is 1.93. The summed E-state index contributed by atoms with van der Waals surface area (Å²) in [5.41, 5.74) is 1.45. The Bertz CT molecular complexity index is 392. The molecule has 3 heteroatoms. The quantitative estimate of drug-likeness (QED) is 0.565. The Kier molecular flexibility index (Phi) is 1.22. The Morgan fingerprint density at radius 1 is 1.36 bits per heavy atom. The topological polar surface area (TPSA) is 34.4 Å². The molecular weight excluding hydrogens is 140 g/mol. The fraction of sp³-hybridized carbons (Fsp3) is 0. The average Bonchev–Trinajstić information content (AvgIpc) is 2.50. The van der Waals surface area contributed by atoms with E-state index in [1.165, 1.54) is 0 Å². The molecule has 0 fully saturated rings. The third-order valence-corrected chi connectivity index (χ3v) is 1.53. The average molecular weight is 146 g/mol. The summed E-state index contributed by atoms with van der Waals surface area (Å²) in [5.74, 6) is 0. The van der Waals surface area contributed by atoms with E-state index in [0.29, 0.717) is 5.69 Å². The fourth-order valence-corrected chi connectivity index (χ4v) is 1.000. The molecule has 2 rings (SSSR count). The lowest BCUT2D eigenvalue weighted by Gasteiger charge is -1.92. The number of fused-ring (bicyclic) bond motifs is 1. The first-order valence-electron chi connectivity index (χ1n) is 3.30. The summed E-state index contributed by atoms with van der Waals surface area (Å²) in [4.78, 5) is 10.3. The van der Waals surface area contributed by atoms with Crippen LogP contribution < -0.4 is 0 Å². The Labute approximate surface area is 63.3 Å². The molecule has 0 unspecified atom stereocenters. The summed E-state index contributed by atoms with van der Waals surface area (Å²) in [6, 6.07) is 7.37. The van der Waals surface area contributed by atoms with Crippen LogP contribution in [0.1, 0.15) is 10.5 Å². The number of aldehydes is 1. The zero-order valence-electron chi connectivity index (χ0n) is 5.77. The van der Waals surface area contributed by atoms with Gasteiger partial charge in [0, 0.05) is 6.20 Å². The summed E-state index contributed by atoms with van der Waals surface area (Å²) >= 11 is 0. The molecule has 0 atom stereocenters. The smallest absolute Gasteiger partial charge is 0.170 e. The molecule has 0 radical (unpaired) electrons. The van der Waals surface area contributed by atoms with Gasteiger partial charge in [-0.3, -0.25) is 4.79 Å². The molecule has 0 N–H and O–H groups in total. The van der Waals surface area contributed by atoms with Crippen LogP contribution in [-0.4, -0.2) is 15.9 Å². The van der Waals surface area contributed by atoms with E-state index in [0.717, 1.165) is 11.8 Å². The van der Waals surface area contributed by atoms with Gasteiger partial charge in [0.1, 0.15) is 5.69 Å². The van der Waals surface area contributed by atoms with Crippen LogP contribution in [0.5, 0.6) is 0 Å². The van der Waals surface area contributed by atoms with Crippen molar-refractivity contribution in [2.45, 2.75) is 0 Å². The van der Waals surface area contributed by atoms with Gasteiger partial charge in [0.15, 0.2) is 6.29 Å². The number of rotatable bonds is 1. The number of hydrogen-bond donors (Lipinski definition) is 0. The van der Waals surface area contributed by atoms with Gasteiger partial charge >= 0.3 is 0 Å². The standard InChI is InChI=1S/C8H6N2O/c11-6-7-3-4-8-2-1-5-10(8)9-7/h1-6H. The third kappa shape index (κ3) is 0.902. The summed E-state index contributed by atoms with van der Waals surface area (Å²) in [7, 11) is 0. The van der Waals surface area contributed by atoms with Gasteiger partial charge in [0.05, 0.1) is 5.52 Å². The van der Waals surface area contributed by atoms with Crippen molar-refractivity contribution in [1.82, 2.24) is 9.61 Å². The van der Waals surface area contributed by atoms with Crippen LogP contribution in [0.25, 0.3) is 5.52 Å². The van der Waals surface area contributed by atoms with Crippen molar-refractivity contribution >= 4 is 11.8 Å². The molecule has 3 nitrogen and oxygen atoms in total. The normalized spacial score (nSPS) is 10.2. The van der Waals surface area contributed by atoms with E-state index in [1.807, 2.05) is 24.4 Å². The monoisotopic (exact) mass is 146 g/mol. The zero-order chi connectivity index (χ0) is 7.68. The van der Waals surface area contributed by atoms with E-state index in [1.54, 1.807) is 10.6 Å². The maximum Gasteiger partial charge on any atom is 0.170 e. The van der Waals surface area contributed by atoms with Gasteiger partial charge in [-0.05, 0) is 24.3 Å². The van der Waals surface area contributed by atoms with E-state index in [-0.39, 0.29) is 0 Å². The van der Waals surface area contributed by atoms with Crippen LogP contribution in [0.3, 0.4) is 0 Å².